The van der Waals surface area contributed by atoms with Gasteiger partial charge in [-0.3, -0.25) is 0 Å². The third kappa shape index (κ3) is 17.4. The van der Waals surface area contributed by atoms with Crippen molar-refractivity contribution in [3.8, 4) is 0 Å². The molecule has 0 aromatic heterocycles. The SMILES string of the molecule is C1CCOC1.[CH]1[CH][CH][CH][CH]1.[CH]1[CH][CH][CH][CH]1.[CH]1[CH][CH][CH][CH]1.[Er]. The Bertz CT molecular complexity index is 98.0. The molecule has 1 aliphatic heterocycles. The fourth-order valence-corrected chi connectivity index (χ4v) is 1.47. The van der Waals surface area contributed by atoms with Crippen LogP contribution in [0.15, 0.2) is 0 Å². The van der Waals surface area contributed by atoms with Gasteiger partial charge in [-0.1, -0.05) is 0 Å². The van der Waals surface area contributed by atoms with Crippen LogP contribution in [0.25, 0.3) is 0 Å². The third-order valence-electron chi connectivity index (χ3n) is 2.49. The minimum Gasteiger partial charge on any atom is -0.381 e. The van der Waals surface area contributed by atoms with Crippen molar-refractivity contribution < 1.29 is 42.0 Å². The van der Waals surface area contributed by atoms with Crippen LogP contribution in [0.3, 0.4) is 0 Å². The molecule has 15 radical (unpaired) electrons. The molecule has 2 heteroatoms. The molecule has 4 aliphatic rings. The molecule has 0 N–H and O–H groups in total. The molecule has 1 heterocycles. The molecule has 3 saturated carbocycles. The average molecular weight is 435 g/mol. The van der Waals surface area contributed by atoms with Crippen molar-refractivity contribution in [2.75, 3.05) is 13.2 Å². The van der Waals surface area contributed by atoms with E-state index in [9.17, 15) is 0 Å². The maximum absolute atomic E-state index is 4.94. The molecular weight excluding hydrogens is 411 g/mol. The summed E-state index contributed by atoms with van der Waals surface area (Å²) in [6, 6.07) is 0. The number of ether oxygens (including phenoxy) is 1. The maximum Gasteiger partial charge on any atom is 0.0466 e. The number of rotatable bonds is 0. The third-order valence-corrected chi connectivity index (χ3v) is 2.49. The van der Waals surface area contributed by atoms with Crippen LogP contribution in [0, 0.1) is 134 Å². The fourth-order valence-electron chi connectivity index (χ4n) is 1.47. The first-order chi connectivity index (χ1) is 10.0. The van der Waals surface area contributed by atoms with Crippen LogP contribution in [0.5, 0.6) is 0 Å². The molecule has 4 rings (SSSR count). The van der Waals surface area contributed by atoms with Gasteiger partial charge in [-0.15, -0.1) is 0 Å². The van der Waals surface area contributed by atoms with Gasteiger partial charge >= 0.3 is 0 Å². The van der Waals surface area contributed by atoms with Gasteiger partial charge in [0.1, 0.15) is 0 Å². The molecule has 117 valence electrons. The van der Waals surface area contributed by atoms with Gasteiger partial charge in [0.25, 0.3) is 0 Å². The first kappa shape index (κ1) is 22.2. The zero-order chi connectivity index (χ0) is 14.1. The van der Waals surface area contributed by atoms with Gasteiger partial charge in [0, 0.05) is 50.5 Å². The van der Waals surface area contributed by atoms with E-state index in [2.05, 4.69) is 0 Å². The second-order valence-corrected chi connectivity index (χ2v) is 4.21. The van der Waals surface area contributed by atoms with Gasteiger partial charge in [0.2, 0.25) is 0 Å². The Balaban J connectivity index is 0.000000250. The van der Waals surface area contributed by atoms with Gasteiger partial charge in [-0.25, -0.2) is 0 Å². The van der Waals surface area contributed by atoms with Crippen molar-refractivity contribution >= 4 is 0 Å². The molecule has 0 atom stereocenters. The predicted octanol–water partition coefficient (Wildman–Crippen LogP) is 3.86. The number of hydrogen-bond donors (Lipinski definition) is 0. The van der Waals surface area contributed by atoms with Crippen LogP contribution in [0.1, 0.15) is 12.8 Å². The number of hydrogen-bond acceptors (Lipinski definition) is 1. The van der Waals surface area contributed by atoms with Crippen LogP contribution in [-0.4, -0.2) is 13.2 Å². The molecule has 4 fully saturated rings. The van der Waals surface area contributed by atoms with E-state index < -0.39 is 0 Å². The van der Waals surface area contributed by atoms with Gasteiger partial charge < -0.3 is 4.74 Å². The second kappa shape index (κ2) is 19.3. The normalized spacial score (nSPS) is 22.9. The molecule has 0 spiro atoms. The van der Waals surface area contributed by atoms with Crippen LogP contribution >= 0.6 is 0 Å². The maximum atomic E-state index is 4.94. The van der Waals surface area contributed by atoms with Gasteiger partial charge in [-0.05, 0) is 109 Å². The zero-order valence-electron chi connectivity index (χ0n) is 12.2. The van der Waals surface area contributed by atoms with E-state index in [1.54, 1.807) is 0 Å². The Morgan fingerprint density at radius 3 is 0.667 bits per heavy atom. The Morgan fingerprint density at radius 1 is 0.381 bits per heavy atom. The van der Waals surface area contributed by atoms with E-state index in [4.69, 9.17) is 4.74 Å². The van der Waals surface area contributed by atoms with Crippen LogP contribution in [0.2, 0.25) is 0 Å². The zero-order valence-corrected chi connectivity index (χ0v) is 14.0. The van der Waals surface area contributed by atoms with Crippen molar-refractivity contribution in [2.24, 2.45) is 0 Å². The summed E-state index contributed by atoms with van der Waals surface area (Å²) in [5.41, 5.74) is 0. The van der Waals surface area contributed by atoms with Crippen molar-refractivity contribution in [1.82, 2.24) is 0 Å². The van der Waals surface area contributed by atoms with Gasteiger partial charge in [0.05, 0.1) is 0 Å². The van der Waals surface area contributed by atoms with Crippen LogP contribution in [-0.2, 0) is 4.74 Å². The quantitative estimate of drug-likeness (QED) is 0.563. The van der Waals surface area contributed by atoms with Crippen molar-refractivity contribution in [3.63, 3.8) is 0 Å². The Kier molecular flexibility index (Phi) is 20.4. The van der Waals surface area contributed by atoms with Crippen LogP contribution < -0.4 is 0 Å². The summed E-state index contributed by atoms with van der Waals surface area (Å²) in [4.78, 5) is 0. The van der Waals surface area contributed by atoms with Gasteiger partial charge in [-0.2, -0.15) is 0 Å². The first-order valence-electron chi connectivity index (χ1n) is 7.08. The molecule has 1 saturated heterocycles. The van der Waals surface area contributed by atoms with Crippen LogP contribution in [0.4, 0.5) is 0 Å². The molecule has 0 aromatic carbocycles. The Hall–Kier alpha value is 1.21. The van der Waals surface area contributed by atoms with Crippen molar-refractivity contribution in [1.29, 1.82) is 0 Å². The summed E-state index contributed by atoms with van der Waals surface area (Å²) in [5, 5.41) is 0. The molecule has 0 bridgehead atoms. The minimum atomic E-state index is 0. The standard InChI is InChI=1S/3C5H5.C4H8O.Er/c4*1-2-4-5-3-1;/h3*1-5H;1-4H2;. The Morgan fingerprint density at radius 2 is 0.571 bits per heavy atom. The predicted molar refractivity (Wildman–Crippen MR) is 84.6 cm³/mol. The molecule has 0 aromatic rings. The summed E-state index contributed by atoms with van der Waals surface area (Å²) in [7, 11) is 0. The topological polar surface area (TPSA) is 9.23 Å². The molecule has 21 heavy (non-hydrogen) atoms. The molecule has 1 nitrogen and oxygen atoms in total. The van der Waals surface area contributed by atoms with E-state index in [-0.39, 0.29) is 37.3 Å². The first-order valence-corrected chi connectivity index (χ1v) is 7.08. The summed E-state index contributed by atoms with van der Waals surface area (Å²) in [6.07, 6.45) is 32.6. The monoisotopic (exact) mass is 433 g/mol. The summed E-state index contributed by atoms with van der Waals surface area (Å²) in [6.45, 7) is 2.00. The second-order valence-electron chi connectivity index (χ2n) is 4.21. The van der Waals surface area contributed by atoms with E-state index in [0.717, 1.165) is 13.2 Å². The van der Waals surface area contributed by atoms with Gasteiger partial charge in [0.15, 0.2) is 0 Å². The van der Waals surface area contributed by atoms with E-state index in [0.29, 0.717) is 0 Å². The Labute approximate surface area is 163 Å². The molecule has 3 aliphatic carbocycles. The van der Waals surface area contributed by atoms with E-state index >= 15 is 0 Å². The molecule has 0 unspecified atom stereocenters. The molecular formula is C19H23ErO. The van der Waals surface area contributed by atoms with Crippen molar-refractivity contribution in [3.05, 3.63) is 96.3 Å². The minimum absolute atomic E-state index is 0. The summed E-state index contributed by atoms with van der Waals surface area (Å²) < 4.78 is 4.94. The largest absolute Gasteiger partial charge is 0.381 e. The van der Waals surface area contributed by atoms with E-state index in [1.165, 1.54) is 12.8 Å². The smallest absolute Gasteiger partial charge is 0.0466 e. The summed E-state index contributed by atoms with van der Waals surface area (Å²) >= 11 is 0. The average Bonchev–Trinajstić information content (AvgIpc) is 3.40. The summed E-state index contributed by atoms with van der Waals surface area (Å²) in [5.74, 6) is 0. The van der Waals surface area contributed by atoms with Crippen molar-refractivity contribution in [2.45, 2.75) is 12.8 Å². The molecule has 0 amide bonds. The van der Waals surface area contributed by atoms with E-state index in [1.807, 2.05) is 96.3 Å². The fraction of sp³-hybridized carbons (Fsp3) is 0.211.